The average Bonchev–Trinajstić information content (AvgIpc) is 2.26. The highest BCUT2D eigenvalue weighted by Crippen LogP contribution is 2.25. The summed E-state index contributed by atoms with van der Waals surface area (Å²) in [6.45, 7) is 0. The molecule has 0 heterocycles. The third-order valence-corrected chi connectivity index (χ3v) is 4.03. The maximum Gasteiger partial charge on any atom is 0.0695 e. The highest BCUT2D eigenvalue weighted by atomic mass is 32.2. The van der Waals surface area contributed by atoms with Crippen LogP contribution in [0.4, 0.5) is 0 Å². The smallest absolute Gasteiger partial charge is 0.0695 e. The van der Waals surface area contributed by atoms with E-state index in [4.69, 9.17) is 5.41 Å². The van der Waals surface area contributed by atoms with Gasteiger partial charge in [-0.15, -0.1) is 11.8 Å². The Kier molecular flexibility index (Phi) is 6.34. The lowest BCUT2D eigenvalue weighted by Crippen LogP contribution is -2.26. The lowest BCUT2D eigenvalue weighted by Gasteiger charge is -2.24. The standard InChI is InChI=1S/C12H23NOS/c1-15-12(13)10-8-6-4-2-3-5-7-9-11(10)14/h10-11,13-14H,2-9H2,1H3. The molecule has 0 spiro atoms. The molecule has 88 valence electrons. The molecule has 0 bridgehead atoms. The third-order valence-electron chi connectivity index (χ3n) is 3.29. The molecule has 0 saturated heterocycles. The Hall–Kier alpha value is -0.0200. The van der Waals surface area contributed by atoms with Crippen molar-refractivity contribution >= 4 is 16.8 Å². The molecule has 1 rings (SSSR count). The van der Waals surface area contributed by atoms with Gasteiger partial charge in [0.2, 0.25) is 0 Å². The van der Waals surface area contributed by atoms with Crippen molar-refractivity contribution in [3.05, 3.63) is 0 Å². The Balaban J connectivity index is 2.50. The Morgan fingerprint density at radius 1 is 1.07 bits per heavy atom. The zero-order valence-corrected chi connectivity index (χ0v) is 10.5. The van der Waals surface area contributed by atoms with Crippen LogP contribution in [-0.4, -0.2) is 22.5 Å². The molecule has 0 aliphatic heterocycles. The summed E-state index contributed by atoms with van der Waals surface area (Å²) in [6, 6.07) is 0. The minimum Gasteiger partial charge on any atom is -0.392 e. The summed E-state index contributed by atoms with van der Waals surface area (Å²) in [5.74, 6) is 0.109. The van der Waals surface area contributed by atoms with Crippen LogP contribution in [0.15, 0.2) is 0 Å². The molecule has 2 unspecified atom stereocenters. The van der Waals surface area contributed by atoms with E-state index in [-0.39, 0.29) is 12.0 Å². The largest absolute Gasteiger partial charge is 0.392 e. The van der Waals surface area contributed by atoms with E-state index in [0.717, 1.165) is 19.3 Å². The zero-order valence-electron chi connectivity index (χ0n) is 9.67. The number of thioether (sulfide) groups is 1. The van der Waals surface area contributed by atoms with Gasteiger partial charge in [-0.3, -0.25) is 5.41 Å². The summed E-state index contributed by atoms with van der Waals surface area (Å²) in [5.41, 5.74) is 0. The van der Waals surface area contributed by atoms with Crippen LogP contribution in [0.3, 0.4) is 0 Å². The van der Waals surface area contributed by atoms with Crippen molar-refractivity contribution in [1.29, 1.82) is 5.41 Å². The molecule has 2 atom stereocenters. The molecule has 0 amide bonds. The fourth-order valence-corrected chi connectivity index (χ4v) is 2.85. The highest BCUT2D eigenvalue weighted by Gasteiger charge is 2.23. The molecule has 2 nitrogen and oxygen atoms in total. The van der Waals surface area contributed by atoms with E-state index >= 15 is 0 Å². The maximum absolute atomic E-state index is 10.0. The summed E-state index contributed by atoms with van der Waals surface area (Å²) in [4.78, 5) is 0. The average molecular weight is 229 g/mol. The normalized spacial score (nSPS) is 29.7. The van der Waals surface area contributed by atoms with Gasteiger partial charge >= 0.3 is 0 Å². The van der Waals surface area contributed by atoms with Crippen molar-refractivity contribution in [3.8, 4) is 0 Å². The third kappa shape index (κ3) is 4.56. The van der Waals surface area contributed by atoms with Crippen LogP contribution in [0.5, 0.6) is 0 Å². The minimum absolute atomic E-state index is 0.109. The first-order chi connectivity index (χ1) is 7.25. The molecule has 0 aromatic rings. The van der Waals surface area contributed by atoms with Crippen molar-refractivity contribution in [3.63, 3.8) is 0 Å². The summed E-state index contributed by atoms with van der Waals surface area (Å²) in [5, 5.41) is 18.6. The lowest BCUT2D eigenvalue weighted by atomic mass is 9.90. The first-order valence-corrected chi connectivity index (χ1v) is 7.28. The van der Waals surface area contributed by atoms with Gasteiger partial charge in [-0.05, 0) is 19.1 Å². The van der Waals surface area contributed by atoms with Crippen LogP contribution < -0.4 is 0 Å². The second-order valence-electron chi connectivity index (χ2n) is 4.44. The second-order valence-corrected chi connectivity index (χ2v) is 5.29. The molecule has 1 aliphatic carbocycles. The number of rotatable bonds is 1. The van der Waals surface area contributed by atoms with Crippen LogP contribution in [0.1, 0.15) is 51.4 Å². The van der Waals surface area contributed by atoms with Gasteiger partial charge in [0, 0.05) is 5.92 Å². The maximum atomic E-state index is 10.0. The summed E-state index contributed by atoms with van der Waals surface area (Å²) < 4.78 is 0. The van der Waals surface area contributed by atoms with E-state index in [1.54, 1.807) is 0 Å². The summed E-state index contributed by atoms with van der Waals surface area (Å²) in [7, 11) is 0. The predicted octanol–water partition coefficient (Wildman–Crippen LogP) is 3.44. The van der Waals surface area contributed by atoms with Crippen LogP contribution in [0.25, 0.3) is 0 Å². The Bertz CT molecular complexity index is 196. The van der Waals surface area contributed by atoms with Gasteiger partial charge in [-0.25, -0.2) is 0 Å². The van der Waals surface area contributed by atoms with E-state index in [1.807, 2.05) is 6.26 Å². The molecule has 0 aromatic heterocycles. The van der Waals surface area contributed by atoms with E-state index < -0.39 is 0 Å². The first-order valence-electron chi connectivity index (χ1n) is 6.06. The van der Waals surface area contributed by atoms with Gasteiger partial charge in [0.05, 0.1) is 11.1 Å². The topological polar surface area (TPSA) is 44.1 Å². The number of aliphatic hydroxyl groups is 1. The number of hydrogen-bond acceptors (Lipinski definition) is 3. The molecule has 0 aromatic carbocycles. The Morgan fingerprint density at radius 3 is 2.20 bits per heavy atom. The highest BCUT2D eigenvalue weighted by molar-refractivity contribution is 8.13. The van der Waals surface area contributed by atoms with Crippen molar-refractivity contribution < 1.29 is 5.11 Å². The SMILES string of the molecule is CSC(=N)C1CCCCCCCCC1O. The molecule has 0 radical (unpaired) electrons. The molecule has 3 heteroatoms. The predicted molar refractivity (Wildman–Crippen MR) is 67.7 cm³/mol. The second kappa shape index (κ2) is 7.29. The van der Waals surface area contributed by atoms with Gasteiger partial charge in [0.15, 0.2) is 0 Å². The van der Waals surface area contributed by atoms with E-state index in [0.29, 0.717) is 5.04 Å². The molecular formula is C12H23NOS. The minimum atomic E-state index is -0.275. The fraction of sp³-hybridized carbons (Fsp3) is 0.917. The van der Waals surface area contributed by atoms with Crippen molar-refractivity contribution in [1.82, 2.24) is 0 Å². The zero-order chi connectivity index (χ0) is 11.1. The molecule has 2 N–H and O–H groups in total. The molecular weight excluding hydrogens is 206 g/mol. The van der Waals surface area contributed by atoms with Gasteiger partial charge < -0.3 is 5.11 Å². The van der Waals surface area contributed by atoms with Crippen LogP contribution in [0.2, 0.25) is 0 Å². The summed E-state index contributed by atoms with van der Waals surface area (Å²) in [6.07, 6.45) is 11.0. The van der Waals surface area contributed by atoms with E-state index in [9.17, 15) is 5.11 Å². The molecule has 1 fully saturated rings. The van der Waals surface area contributed by atoms with E-state index in [1.165, 1.54) is 43.9 Å². The number of nitrogens with one attached hydrogen (secondary N) is 1. The Labute approximate surface area is 97.4 Å². The van der Waals surface area contributed by atoms with Crippen LogP contribution in [-0.2, 0) is 0 Å². The van der Waals surface area contributed by atoms with Crippen LogP contribution in [0, 0.1) is 11.3 Å². The lowest BCUT2D eigenvalue weighted by molar-refractivity contribution is 0.119. The molecule has 15 heavy (non-hydrogen) atoms. The van der Waals surface area contributed by atoms with Crippen molar-refractivity contribution in [2.45, 2.75) is 57.5 Å². The number of hydrogen-bond donors (Lipinski definition) is 2. The van der Waals surface area contributed by atoms with Crippen molar-refractivity contribution in [2.75, 3.05) is 6.26 Å². The van der Waals surface area contributed by atoms with Crippen molar-refractivity contribution in [2.24, 2.45) is 5.92 Å². The molecule has 1 saturated carbocycles. The van der Waals surface area contributed by atoms with Gasteiger partial charge in [-0.1, -0.05) is 38.5 Å². The Morgan fingerprint density at radius 2 is 1.60 bits per heavy atom. The monoisotopic (exact) mass is 229 g/mol. The number of aliphatic hydroxyl groups excluding tert-OH is 1. The van der Waals surface area contributed by atoms with E-state index in [2.05, 4.69) is 0 Å². The summed E-state index contributed by atoms with van der Waals surface area (Å²) >= 11 is 1.49. The fourth-order valence-electron chi connectivity index (χ4n) is 2.28. The molecule has 1 aliphatic rings. The van der Waals surface area contributed by atoms with Gasteiger partial charge in [0.25, 0.3) is 0 Å². The van der Waals surface area contributed by atoms with Gasteiger partial charge in [-0.2, -0.15) is 0 Å². The van der Waals surface area contributed by atoms with Crippen LogP contribution >= 0.6 is 11.8 Å². The first kappa shape index (κ1) is 13.0. The quantitative estimate of drug-likeness (QED) is 0.534. The van der Waals surface area contributed by atoms with Gasteiger partial charge in [0.1, 0.15) is 0 Å².